The highest BCUT2D eigenvalue weighted by Crippen LogP contribution is 1.96. The van der Waals surface area contributed by atoms with Crippen molar-refractivity contribution in [2.75, 3.05) is 0 Å². The Balaban J connectivity index is 0.000000442. The zero-order valence-corrected chi connectivity index (χ0v) is 9.53. The second kappa shape index (κ2) is 6.98. The molecule has 5 heteroatoms. The van der Waals surface area contributed by atoms with E-state index < -0.39 is 5.95 Å². The van der Waals surface area contributed by atoms with Crippen LogP contribution in [0.25, 0.3) is 5.65 Å². The van der Waals surface area contributed by atoms with Crippen LogP contribution in [0.5, 0.6) is 0 Å². The van der Waals surface area contributed by atoms with Crippen molar-refractivity contribution in [3.8, 4) is 0 Å². The van der Waals surface area contributed by atoms with Crippen molar-refractivity contribution >= 4 is 19.1 Å². The first-order valence-corrected chi connectivity index (χ1v) is 5.03. The zero-order valence-electron chi connectivity index (χ0n) is 9.53. The minimum absolute atomic E-state index is 0.333. The van der Waals surface area contributed by atoms with Crippen LogP contribution in [-0.4, -0.2) is 22.4 Å². The van der Waals surface area contributed by atoms with E-state index in [1.54, 1.807) is 0 Å². The third kappa shape index (κ3) is 3.34. The molecule has 2 aromatic rings. The lowest BCUT2D eigenvalue weighted by atomic mass is 10.1. The summed E-state index contributed by atoms with van der Waals surface area (Å²) < 4.78 is 13.7. The van der Waals surface area contributed by atoms with Gasteiger partial charge in [-0.1, -0.05) is 27.7 Å². The molecule has 0 aliphatic heterocycles. The monoisotopic (exact) mass is 207 g/mol. The van der Waals surface area contributed by atoms with E-state index in [1.807, 2.05) is 27.7 Å². The van der Waals surface area contributed by atoms with Crippen molar-refractivity contribution in [2.24, 2.45) is 0 Å². The Morgan fingerprint density at radius 1 is 1.20 bits per heavy atom. The van der Waals surface area contributed by atoms with Crippen LogP contribution in [0.1, 0.15) is 27.7 Å². The Labute approximate surface area is 90.7 Å². The minimum atomic E-state index is -0.567. The van der Waals surface area contributed by atoms with Crippen LogP contribution < -0.4 is 5.59 Å². The first-order valence-electron chi connectivity index (χ1n) is 5.03. The molecule has 2 rings (SSSR count). The van der Waals surface area contributed by atoms with Crippen LogP contribution >= 0.6 is 0 Å². The lowest BCUT2D eigenvalue weighted by molar-refractivity contribution is 0.557. The number of hydrogen-bond donors (Lipinski definition) is 0. The summed E-state index contributed by atoms with van der Waals surface area (Å²) in [7, 11) is 5.42. The quantitative estimate of drug-likeness (QED) is 0.615. The standard InChI is InChI=1S/C6H3BFN3.2C2H6/c7-4-3-9-6-2-1-5(8)10-11(4)6;2*1-2/h1-3H;2*1-2H3. The summed E-state index contributed by atoms with van der Waals surface area (Å²) >= 11 is 0. The molecule has 0 saturated heterocycles. The summed E-state index contributed by atoms with van der Waals surface area (Å²) in [5.74, 6) is -0.567. The summed E-state index contributed by atoms with van der Waals surface area (Å²) in [6.07, 6.45) is 1.43. The fraction of sp³-hybridized carbons (Fsp3) is 0.400. The highest BCUT2D eigenvalue weighted by atomic mass is 19.1. The van der Waals surface area contributed by atoms with Gasteiger partial charge in [-0.05, 0) is 12.1 Å². The number of nitrogens with zero attached hydrogens (tertiary/aromatic N) is 3. The molecule has 3 nitrogen and oxygen atoms in total. The van der Waals surface area contributed by atoms with Gasteiger partial charge < -0.3 is 0 Å². The SMILES string of the molecule is CC.CC.[B]c1cnc2ccc(F)nn12. The maximum absolute atomic E-state index is 12.5. The molecule has 0 amide bonds. The van der Waals surface area contributed by atoms with E-state index in [4.69, 9.17) is 7.85 Å². The molecule has 80 valence electrons. The second-order valence-corrected chi connectivity index (χ2v) is 2.11. The average molecular weight is 207 g/mol. The van der Waals surface area contributed by atoms with Crippen molar-refractivity contribution < 1.29 is 4.39 Å². The summed E-state index contributed by atoms with van der Waals surface area (Å²) in [5, 5.41) is 3.50. The molecule has 0 aliphatic rings. The number of rotatable bonds is 0. The predicted octanol–water partition coefficient (Wildman–Crippen LogP) is 1.71. The molecule has 15 heavy (non-hydrogen) atoms. The molecule has 0 N–H and O–H groups in total. The van der Waals surface area contributed by atoms with Gasteiger partial charge in [0.15, 0.2) is 5.65 Å². The third-order valence-corrected chi connectivity index (χ3v) is 1.36. The number of fused-ring (bicyclic) bond motifs is 1. The van der Waals surface area contributed by atoms with Crippen LogP contribution in [0.15, 0.2) is 18.3 Å². The fourth-order valence-corrected chi connectivity index (χ4v) is 0.869. The van der Waals surface area contributed by atoms with Crippen molar-refractivity contribution in [3.05, 3.63) is 24.3 Å². The summed E-state index contributed by atoms with van der Waals surface area (Å²) in [6.45, 7) is 8.00. The Morgan fingerprint density at radius 2 is 1.80 bits per heavy atom. The Bertz CT molecular complexity index is 400. The summed E-state index contributed by atoms with van der Waals surface area (Å²) in [4.78, 5) is 3.87. The van der Waals surface area contributed by atoms with Gasteiger partial charge in [-0.25, -0.2) is 9.50 Å². The van der Waals surface area contributed by atoms with Crippen LogP contribution in [0, 0.1) is 5.95 Å². The topological polar surface area (TPSA) is 30.2 Å². The summed E-state index contributed by atoms with van der Waals surface area (Å²) in [6, 6.07) is 2.75. The first-order chi connectivity index (χ1) is 7.27. The molecule has 0 unspecified atom stereocenters. The molecule has 2 aromatic heterocycles. The Hall–Kier alpha value is -1.39. The molecule has 0 saturated carbocycles. The van der Waals surface area contributed by atoms with Gasteiger partial charge in [0.1, 0.15) is 7.85 Å². The van der Waals surface area contributed by atoms with Gasteiger partial charge in [-0.2, -0.15) is 4.39 Å². The zero-order chi connectivity index (χ0) is 11.8. The van der Waals surface area contributed by atoms with Gasteiger partial charge in [-0.3, -0.25) is 0 Å². The van der Waals surface area contributed by atoms with Gasteiger partial charge in [-0.15, -0.1) is 5.10 Å². The molecule has 0 aliphatic carbocycles. The van der Waals surface area contributed by atoms with Gasteiger partial charge in [0.2, 0.25) is 5.95 Å². The molecule has 0 fully saturated rings. The van der Waals surface area contributed by atoms with E-state index in [0.717, 1.165) is 0 Å². The van der Waals surface area contributed by atoms with Crippen molar-refractivity contribution in [3.63, 3.8) is 0 Å². The fourth-order valence-electron chi connectivity index (χ4n) is 0.869. The Morgan fingerprint density at radius 3 is 2.40 bits per heavy atom. The second-order valence-electron chi connectivity index (χ2n) is 2.11. The molecule has 0 aromatic carbocycles. The van der Waals surface area contributed by atoms with Crippen LogP contribution in [-0.2, 0) is 0 Å². The lowest BCUT2D eigenvalue weighted by Crippen LogP contribution is -2.12. The van der Waals surface area contributed by atoms with Gasteiger partial charge in [0.05, 0.1) is 0 Å². The molecule has 0 atom stereocenters. The van der Waals surface area contributed by atoms with Crippen LogP contribution in [0.4, 0.5) is 4.39 Å². The van der Waals surface area contributed by atoms with Gasteiger partial charge >= 0.3 is 0 Å². The van der Waals surface area contributed by atoms with E-state index >= 15 is 0 Å². The predicted molar refractivity (Wildman–Crippen MR) is 61.0 cm³/mol. The highest BCUT2D eigenvalue weighted by Gasteiger charge is 1.99. The molecular formula is C10H15BFN3. The lowest BCUT2D eigenvalue weighted by Gasteiger charge is -1.93. The van der Waals surface area contributed by atoms with E-state index in [1.165, 1.54) is 22.8 Å². The number of halogens is 1. The van der Waals surface area contributed by atoms with E-state index in [2.05, 4.69) is 10.1 Å². The third-order valence-electron chi connectivity index (χ3n) is 1.36. The molecule has 0 bridgehead atoms. The summed E-state index contributed by atoms with van der Waals surface area (Å²) in [5.41, 5.74) is 0.878. The largest absolute Gasteiger partial charge is 0.236 e. The van der Waals surface area contributed by atoms with E-state index in [-0.39, 0.29) is 0 Å². The van der Waals surface area contributed by atoms with Gasteiger partial charge in [0.25, 0.3) is 0 Å². The molecule has 0 spiro atoms. The maximum atomic E-state index is 12.5. The van der Waals surface area contributed by atoms with E-state index in [9.17, 15) is 4.39 Å². The number of aromatic nitrogens is 3. The van der Waals surface area contributed by atoms with Gasteiger partial charge in [0, 0.05) is 11.8 Å². The maximum Gasteiger partial charge on any atom is 0.231 e. The van der Waals surface area contributed by atoms with Crippen LogP contribution in [0.2, 0.25) is 0 Å². The Kier molecular flexibility index (Phi) is 6.34. The van der Waals surface area contributed by atoms with Crippen LogP contribution in [0.3, 0.4) is 0 Å². The van der Waals surface area contributed by atoms with Crippen molar-refractivity contribution in [1.82, 2.24) is 14.6 Å². The first kappa shape index (κ1) is 13.6. The number of imidazole rings is 1. The molecule has 2 radical (unpaired) electrons. The van der Waals surface area contributed by atoms with Crippen molar-refractivity contribution in [1.29, 1.82) is 0 Å². The average Bonchev–Trinajstić information content (AvgIpc) is 2.66. The smallest absolute Gasteiger partial charge is 0.231 e. The van der Waals surface area contributed by atoms with E-state index in [0.29, 0.717) is 11.2 Å². The number of hydrogen-bond acceptors (Lipinski definition) is 2. The molecular weight excluding hydrogens is 192 g/mol. The molecule has 2 heterocycles. The normalized spacial score (nSPS) is 8.60. The minimum Gasteiger partial charge on any atom is -0.236 e. The van der Waals surface area contributed by atoms with Crippen molar-refractivity contribution in [2.45, 2.75) is 27.7 Å². The highest BCUT2D eigenvalue weighted by molar-refractivity contribution is 6.30.